The number of halogens is 1. The van der Waals surface area contributed by atoms with Gasteiger partial charge in [0.25, 0.3) is 0 Å². The summed E-state index contributed by atoms with van der Waals surface area (Å²) in [5, 5.41) is 4.43. The highest BCUT2D eigenvalue weighted by molar-refractivity contribution is 5.88. The van der Waals surface area contributed by atoms with Crippen molar-refractivity contribution in [2.75, 3.05) is 7.05 Å². The standard InChI is InChI=1S/C15H19FN2/c1-9-7-10(16)8-11-14-12(17-2)5-3-4-6-13(14)18-15(9)11/h7-8,12,17-18H,3-6H2,1-2H3. The molecule has 1 aliphatic carbocycles. The number of rotatable bonds is 1. The van der Waals surface area contributed by atoms with E-state index in [0.29, 0.717) is 6.04 Å². The molecule has 1 aromatic carbocycles. The lowest BCUT2D eigenvalue weighted by Crippen LogP contribution is -2.16. The Kier molecular flexibility index (Phi) is 2.86. The van der Waals surface area contributed by atoms with Crippen molar-refractivity contribution >= 4 is 10.9 Å². The Morgan fingerprint density at radius 1 is 1.33 bits per heavy atom. The van der Waals surface area contributed by atoms with Gasteiger partial charge >= 0.3 is 0 Å². The minimum atomic E-state index is -0.138. The number of fused-ring (bicyclic) bond motifs is 3. The molecule has 0 fully saturated rings. The highest BCUT2D eigenvalue weighted by atomic mass is 19.1. The van der Waals surface area contributed by atoms with E-state index >= 15 is 0 Å². The number of hydrogen-bond donors (Lipinski definition) is 2. The van der Waals surface area contributed by atoms with Gasteiger partial charge in [-0.3, -0.25) is 0 Å². The van der Waals surface area contributed by atoms with Crippen LogP contribution in [0.2, 0.25) is 0 Å². The first-order valence-electron chi connectivity index (χ1n) is 6.68. The highest BCUT2D eigenvalue weighted by Gasteiger charge is 2.22. The largest absolute Gasteiger partial charge is 0.358 e. The summed E-state index contributed by atoms with van der Waals surface area (Å²) in [5.41, 5.74) is 4.67. The predicted molar refractivity (Wildman–Crippen MR) is 72.3 cm³/mol. The van der Waals surface area contributed by atoms with E-state index in [1.54, 1.807) is 12.1 Å². The number of H-pyrrole nitrogens is 1. The van der Waals surface area contributed by atoms with Gasteiger partial charge in [0.05, 0.1) is 0 Å². The van der Waals surface area contributed by atoms with E-state index in [1.165, 1.54) is 24.1 Å². The number of nitrogens with one attached hydrogen (secondary N) is 2. The van der Waals surface area contributed by atoms with E-state index in [-0.39, 0.29) is 5.82 Å². The maximum Gasteiger partial charge on any atom is 0.124 e. The Morgan fingerprint density at radius 3 is 2.94 bits per heavy atom. The minimum Gasteiger partial charge on any atom is -0.358 e. The van der Waals surface area contributed by atoms with Gasteiger partial charge in [-0.1, -0.05) is 6.42 Å². The number of aromatic nitrogens is 1. The molecule has 1 atom stereocenters. The Balaban J connectivity index is 2.29. The molecule has 1 unspecified atom stereocenters. The Bertz CT molecular complexity index is 586. The molecule has 0 bridgehead atoms. The van der Waals surface area contributed by atoms with Gasteiger partial charge < -0.3 is 10.3 Å². The fourth-order valence-electron chi connectivity index (χ4n) is 3.18. The summed E-state index contributed by atoms with van der Waals surface area (Å²) in [6.07, 6.45) is 4.64. The number of aryl methyl sites for hydroxylation is 2. The molecule has 18 heavy (non-hydrogen) atoms. The van der Waals surface area contributed by atoms with Crippen LogP contribution in [0.5, 0.6) is 0 Å². The van der Waals surface area contributed by atoms with Crippen LogP contribution in [0.4, 0.5) is 4.39 Å². The summed E-state index contributed by atoms with van der Waals surface area (Å²) >= 11 is 0. The first kappa shape index (κ1) is 11.7. The van der Waals surface area contributed by atoms with Crippen LogP contribution in [0.25, 0.3) is 10.9 Å². The van der Waals surface area contributed by atoms with Crippen molar-refractivity contribution < 1.29 is 4.39 Å². The molecule has 3 rings (SSSR count). The maximum absolute atomic E-state index is 13.6. The van der Waals surface area contributed by atoms with Gasteiger partial charge in [0.1, 0.15) is 5.82 Å². The summed E-state index contributed by atoms with van der Waals surface area (Å²) in [6, 6.07) is 3.62. The first-order valence-corrected chi connectivity index (χ1v) is 6.68. The number of hydrogen-bond acceptors (Lipinski definition) is 1. The van der Waals surface area contributed by atoms with Gasteiger partial charge in [0.15, 0.2) is 0 Å². The van der Waals surface area contributed by atoms with Crippen molar-refractivity contribution in [3.63, 3.8) is 0 Å². The molecule has 0 aliphatic heterocycles. The molecule has 3 heteroatoms. The van der Waals surface area contributed by atoms with Gasteiger partial charge in [-0.15, -0.1) is 0 Å². The van der Waals surface area contributed by atoms with Crippen LogP contribution in [0.1, 0.15) is 42.1 Å². The zero-order chi connectivity index (χ0) is 12.7. The van der Waals surface area contributed by atoms with Crippen molar-refractivity contribution in [2.45, 2.75) is 38.6 Å². The van der Waals surface area contributed by atoms with Crippen LogP contribution in [0.3, 0.4) is 0 Å². The lowest BCUT2D eigenvalue weighted by molar-refractivity contribution is 0.536. The minimum absolute atomic E-state index is 0.138. The molecule has 0 amide bonds. The van der Waals surface area contributed by atoms with E-state index in [4.69, 9.17) is 0 Å². The van der Waals surface area contributed by atoms with Crippen LogP contribution >= 0.6 is 0 Å². The Labute approximate surface area is 107 Å². The molecule has 0 spiro atoms. The maximum atomic E-state index is 13.6. The molecular formula is C15H19FN2. The zero-order valence-electron chi connectivity index (χ0n) is 10.9. The summed E-state index contributed by atoms with van der Waals surface area (Å²) in [6.45, 7) is 1.97. The molecule has 1 heterocycles. The van der Waals surface area contributed by atoms with E-state index in [9.17, 15) is 4.39 Å². The SMILES string of the molecule is CNC1CCCCc2[nH]c3c(C)cc(F)cc3c21. The fourth-order valence-corrected chi connectivity index (χ4v) is 3.18. The van der Waals surface area contributed by atoms with Gasteiger partial charge in [-0.2, -0.15) is 0 Å². The van der Waals surface area contributed by atoms with Crippen LogP contribution in [-0.2, 0) is 6.42 Å². The molecule has 0 radical (unpaired) electrons. The Morgan fingerprint density at radius 2 is 2.17 bits per heavy atom. The van der Waals surface area contributed by atoms with Crippen LogP contribution in [0, 0.1) is 12.7 Å². The average molecular weight is 246 g/mol. The third kappa shape index (κ3) is 1.74. The van der Waals surface area contributed by atoms with E-state index in [2.05, 4.69) is 10.3 Å². The second-order valence-electron chi connectivity index (χ2n) is 5.25. The Hall–Kier alpha value is -1.35. The third-order valence-electron chi connectivity index (χ3n) is 4.06. The molecule has 0 saturated heterocycles. The molecule has 0 saturated carbocycles. The number of benzene rings is 1. The highest BCUT2D eigenvalue weighted by Crippen LogP contribution is 2.35. The quantitative estimate of drug-likeness (QED) is 0.739. The second kappa shape index (κ2) is 4.39. The summed E-state index contributed by atoms with van der Waals surface area (Å²) in [5.74, 6) is -0.138. The van der Waals surface area contributed by atoms with E-state index < -0.39 is 0 Å². The fraction of sp³-hybridized carbons (Fsp3) is 0.467. The topological polar surface area (TPSA) is 27.8 Å². The van der Waals surface area contributed by atoms with Crippen molar-refractivity contribution in [1.29, 1.82) is 0 Å². The predicted octanol–water partition coefficient (Wildman–Crippen LogP) is 3.60. The average Bonchev–Trinajstić information content (AvgIpc) is 2.57. The van der Waals surface area contributed by atoms with Gasteiger partial charge in [0, 0.05) is 22.6 Å². The van der Waals surface area contributed by atoms with Crippen molar-refractivity contribution in [2.24, 2.45) is 0 Å². The normalized spacial score (nSPS) is 19.8. The summed E-state index contributed by atoms with van der Waals surface area (Å²) < 4.78 is 13.6. The van der Waals surface area contributed by atoms with Crippen molar-refractivity contribution in [3.8, 4) is 0 Å². The molecule has 2 nitrogen and oxygen atoms in total. The monoisotopic (exact) mass is 246 g/mol. The lowest BCUT2D eigenvalue weighted by atomic mass is 10.00. The van der Waals surface area contributed by atoms with E-state index in [0.717, 1.165) is 29.3 Å². The van der Waals surface area contributed by atoms with Crippen molar-refractivity contribution in [3.05, 3.63) is 34.8 Å². The lowest BCUT2D eigenvalue weighted by Gasteiger charge is -2.14. The van der Waals surface area contributed by atoms with Gasteiger partial charge in [-0.25, -0.2) is 4.39 Å². The molecule has 96 valence electrons. The van der Waals surface area contributed by atoms with E-state index in [1.807, 2.05) is 14.0 Å². The van der Waals surface area contributed by atoms with Gasteiger partial charge in [-0.05, 0) is 56.5 Å². The molecule has 2 aromatic rings. The van der Waals surface area contributed by atoms with Crippen LogP contribution in [0.15, 0.2) is 12.1 Å². The number of aromatic amines is 1. The van der Waals surface area contributed by atoms with Crippen LogP contribution in [-0.4, -0.2) is 12.0 Å². The molecule has 1 aromatic heterocycles. The first-order chi connectivity index (χ1) is 8.70. The molecule has 1 aliphatic rings. The second-order valence-corrected chi connectivity index (χ2v) is 5.25. The van der Waals surface area contributed by atoms with Gasteiger partial charge in [0.2, 0.25) is 0 Å². The molecular weight excluding hydrogens is 227 g/mol. The zero-order valence-corrected chi connectivity index (χ0v) is 10.9. The van der Waals surface area contributed by atoms with Crippen molar-refractivity contribution in [1.82, 2.24) is 10.3 Å². The smallest absolute Gasteiger partial charge is 0.124 e. The van der Waals surface area contributed by atoms with Crippen LogP contribution < -0.4 is 5.32 Å². The third-order valence-corrected chi connectivity index (χ3v) is 4.06. The molecule has 2 N–H and O–H groups in total. The summed E-state index contributed by atoms with van der Waals surface area (Å²) in [4.78, 5) is 3.51. The summed E-state index contributed by atoms with van der Waals surface area (Å²) in [7, 11) is 1.99.